The molecule has 0 atom stereocenters. The second-order valence-electron chi connectivity index (χ2n) is 15.6. The van der Waals surface area contributed by atoms with Gasteiger partial charge in [0.05, 0.1) is 0 Å². The standard InChI is InChI=1S/C53H34/c1-53(2)49-28-34(22-24-44(49)48-29-46-40-16-7-5-14-38(40)39-15-6-8-17-41(39)47(46)30-50(48)53)35-26-27-42(37-13-4-3-12-36(35)37)43-23-20-33-19-18-31-10-9-11-32-21-25-45(43)52(33)51(31)32/h3-30H,1-2H3. The molecule has 0 aliphatic heterocycles. The zero-order valence-electron chi connectivity index (χ0n) is 29.7. The molecule has 0 aromatic heterocycles. The number of rotatable bonds is 2. The summed E-state index contributed by atoms with van der Waals surface area (Å²) in [5.74, 6) is 0. The van der Waals surface area contributed by atoms with Crippen LogP contribution in [-0.4, -0.2) is 0 Å². The highest BCUT2D eigenvalue weighted by Gasteiger charge is 2.36. The Morgan fingerprint density at radius 1 is 0.283 bits per heavy atom. The van der Waals surface area contributed by atoms with Gasteiger partial charge in [0.2, 0.25) is 0 Å². The van der Waals surface area contributed by atoms with E-state index in [4.69, 9.17) is 0 Å². The molecule has 12 rings (SSSR count). The highest BCUT2D eigenvalue weighted by Crippen LogP contribution is 2.53. The van der Waals surface area contributed by atoms with Gasteiger partial charge in [0, 0.05) is 5.41 Å². The van der Waals surface area contributed by atoms with Crippen molar-refractivity contribution in [2.75, 3.05) is 0 Å². The summed E-state index contributed by atoms with van der Waals surface area (Å²) < 4.78 is 0. The van der Waals surface area contributed by atoms with Gasteiger partial charge in [-0.3, -0.25) is 0 Å². The average Bonchev–Trinajstić information content (AvgIpc) is 3.43. The molecule has 0 nitrogen and oxygen atoms in total. The second-order valence-corrected chi connectivity index (χ2v) is 15.6. The Bertz CT molecular complexity index is 3340. The highest BCUT2D eigenvalue weighted by molar-refractivity contribution is 6.27. The van der Waals surface area contributed by atoms with Gasteiger partial charge in [0.25, 0.3) is 0 Å². The lowest BCUT2D eigenvalue weighted by Crippen LogP contribution is -2.15. The molecule has 0 bridgehead atoms. The van der Waals surface area contributed by atoms with Crippen molar-refractivity contribution in [1.82, 2.24) is 0 Å². The zero-order valence-corrected chi connectivity index (χ0v) is 29.7. The van der Waals surface area contributed by atoms with Crippen LogP contribution in [0.5, 0.6) is 0 Å². The van der Waals surface area contributed by atoms with Gasteiger partial charge in [0.1, 0.15) is 0 Å². The van der Waals surface area contributed by atoms with E-state index in [-0.39, 0.29) is 5.41 Å². The summed E-state index contributed by atoms with van der Waals surface area (Å²) in [6.07, 6.45) is 0. The van der Waals surface area contributed by atoms with E-state index < -0.39 is 0 Å². The maximum absolute atomic E-state index is 2.50. The minimum Gasteiger partial charge on any atom is -0.0616 e. The SMILES string of the molecule is CC1(C)c2cc(-c3ccc(-c4ccc5ccc6cccc7ccc4c5c67)c4ccccc34)ccc2-c2cc3c4ccccc4c4ccccc4c3cc21. The number of fused-ring (bicyclic) bond motifs is 10. The lowest BCUT2D eigenvalue weighted by molar-refractivity contribution is 0.661. The smallest absolute Gasteiger partial charge is 0.0159 e. The first-order valence-electron chi connectivity index (χ1n) is 18.8. The van der Waals surface area contributed by atoms with Crippen LogP contribution in [0, 0.1) is 0 Å². The lowest BCUT2D eigenvalue weighted by Gasteiger charge is -2.23. The molecule has 0 fully saturated rings. The quantitative estimate of drug-likeness (QED) is 0.161. The minimum absolute atomic E-state index is 0.140. The molecule has 53 heavy (non-hydrogen) atoms. The molecule has 1 aliphatic rings. The van der Waals surface area contributed by atoms with Gasteiger partial charge in [-0.15, -0.1) is 0 Å². The molecule has 1 aliphatic carbocycles. The van der Waals surface area contributed by atoms with Crippen LogP contribution in [-0.2, 0) is 5.41 Å². The monoisotopic (exact) mass is 670 g/mol. The van der Waals surface area contributed by atoms with Crippen LogP contribution in [0.4, 0.5) is 0 Å². The Balaban J connectivity index is 1.05. The molecule has 0 radical (unpaired) electrons. The van der Waals surface area contributed by atoms with Crippen LogP contribution in [0.25, 0.3) is 109 Å². The first-order chi connectivity index (χ1) is 26.0. The van der Waals surface area contributed by atoms with Gasteiger partial charge in [-0.25, -0.2) is 0 Å². The van der Waals surface area contributed by atoms with Gasteiger partial charge in [-0.05, 0) is 138 Å². The summed E-state index contributed by atoms with van der Waals surface area (Å²) >= 11 is 0. The van der Waals surface area contributed by atoms with E-state index in [2.05, 4.69) is 184 Å². The minimum atomic E-state index is -0.140. The van der Waals surface area contributed by atoms with Crippen molar-refractivity contribution in [3.8, 4) is 33.4 Å². The summed E-state index contributed by atoms with van der Waals surface area (Å²) in [6, 6.07) is 64.1. The van der Waals surface area contributed by atoms with E-state index >= 15 is 0 Å². The topological polar surface area (TPSA) is 0 Å². The van der Waals surface area contributed by atoms with Crippen molar-refractivity contribution < 1.29 is 0 Å². The largest absolute Gasteiger partial charge is 0.0616 e. The molecule has 0 heterocycles. The first kappa shape index (κ1) is 29.1. The predicted molar refractivity (Wildman–Crippen MR) is 229 cm³/mol. The van der Waals surface area contributed by atoms with Crippen molar-refractivity contribution in [2.45, 2.75) is 19.3 Å². The molecule has 0 heteroatoms. The molecule has 246 valence electrons. The molecule has 0 saturated heterocycles. The normalized spacial score (nSPS) is 13.6. The summed E-state index contributed by atoms with van der Waals surface area (Å²) in [4.78, 5) is 0. The molecular weight excluding hydrogens is 637 g/mol. The first-order valence-corrected chi connectivity index (χ1v) is 18.8. The number of hydrogen-bond acceptors (Lipinski definition) is 0. The van der Waals surface area contributed by atoms with Gasteiger partial charge < -0.3 is 0 Å². The fraction of sp³-hybridized carbons (Fsp3) is 0.0566. The molecular formula is C53H34. The molecule has 0 spiro atoms. The van der Waals surface area contributed by atoms with Crippen molar-refractivity contribution in [2.24, 2.45) is 0 Å². The van der Waals surface area contributed by atoms with Gasteiger partial charge in [-0.1, -0.05) is 166 Å². The Hall–Kier alpha value is -6.50. The maximum atomic E-state index is 2.50. The Morgan fingerprint density at radius 2 is 0.755 bits per heavy atom. The van der Waals surface area contributed by atoms with Crippen LogP contribution < -0.4 is 0 Å². The van der Waals surface area contributed by atoms with E-state index in [0.29, 0.717) is 0 Å². The summed E-state index contributed by atoms with van der Waals surface area (Å²) in [6.45, 7) is 4.82. The summed E-state index contributed by atoms with van der Waals surface area (Å²) in [7, 11) is 0. The van der Waals surface area contributed by atoms with E-state index in [1.54, 1.807) is 0 Å². The third-order valence-electron chi connectivity index (χ3n) is 12.6. The van der Waals surface area contributed by atoms with E-state index in [0.717, 1.165) is 0 Å². The molecule has 0 saturated carbocycles. The molecule has 11 aromatic rings. The predicted octanol–water partition coefficient (Wildman–Crippen LogP) is 14.8. The summed E-state index contributed by atoms with van der Waals surface area (Å²) in [5, 5.41) is 18.5. The van der Waals surface area contributed by atoms with Crippen LogP contribution in [0.1, 0.15) is 25.0 Å². The van der Waals surface area contributed by atoms with Crippen LogP contribution in [0.3, 0.4) is 0 Å². The number of benzene rings is 11. The van der Waals surface area contributed by atoms with E-state index in [1.807, 2.05) is 0 Å². The third-order valence-corrected chi connectivity index (χ3v) is 12.6. The van der Waals surface area contributed by atoms with Crippen LogP contribution in [0.2, 0.25) is 0 Å². The van der Waals surface area contributed by atoms with Gasteiger partial charge in [-0.2, -0.15) is 0 Å². The summed E-state index contributed by atoms with van der Waals surface area (Å²) in [5.41, 5.74) is 10.5. The van der Waals surface area contributed by atoms with Crippen molar-refractivity contribution in [1.29, 1.82) is 0 Å². The van der Waals surface area contributed by atoms with Crippen LogP contribution >= 0.6 is 0 Å². The molecule has 11 aromatic carbocycles. The number of hydrogen-bond donors (Lipinski definition) is 0. The van der Waals surface area contributed by atoms with Gasteiger partial charge in [0.15, 0.2) is 0 Å². The van der Waals surface area contributed by atoms with E-state index in [9.17, 15) is 0 Å². The molecule has 0 unspecified atom stereocenters. The van der Waals surface area contributed by atoms with Gasteiger partial charge >= 0.3 is 0 Å². The fourth-order valence-corrected chi connectivity index (χ4v) is 10.1. The second kappa shape index (κ2) is 10.3. The van der Waals surface area contributed by atoms with Crippen molar-refractivity contribution in [3.05, 3.63) is 181 Å². The average molecular weight is 671 g/mol. The van der Waals surface area contributed by atoms with E-state index in [1.165, 1.54) is 120 Å². The highest BCUT2D eigenvalue weighted by atomic mass is 14.4. The zero-order chi connectivity index (χ0) is 35.0. The van der Waals surface area contributed by atoms with Crippen LogP contribution in [0.15, 0.2) is 170 Å². The third kappa shape index (κ3) is 3.85. The van der Waals surface area contributed by atoms with Crippen molar-refractivity contribution >= 4 is 75.4 Å². The Morgan fingerprint density at radius 3 is 1.45 bits per heavy atom. The van der Waals surface area contributed by atoms with Crippen molar-refractivity contribution in [3.63, 3.8) is 0 Å². The lowest BCUT2D eigenvalue weighted by atomic mass is 9.80. The molecule has 0 amide bonds. The maximum Gasteiger partial charge on any atom is 0.0159 e. The Labute approximate surface area is 307 Å². The fourth-order valence-electron chi connectivity index (χ4n) is 10.1. The molecule has 0 N–H and O–H groups in total. The Kier molecular flexibility index (Phi) is 5.66.